The fourth-order valence-electron chi connectivity index (χ4n) is 1.25. The normalized spacial score (nSPS) is 23.0. The molecule has 1 N–H and O–H groups in total. The van der Waals surface area contributed by atoms with Crippen molar-refractivity contribution in [1.29, 1.82) is 0 Å². The number of carbonyl (C=O) groups is 2. The Hall–Kier alpha value is -0.510. The van der Waals surface area contributed by atoms with E-state index in [1.807, 2.05) is 0 Å². The van der Waals surface area contributed by atoms with Gasteiger partial charge < -0.3 is 5.11 Å². The van der Waals surface area contributed by atoms with Crippen LogP contribution in [0.4, 0.5) is 0 Å². The van der Waals surface area contributed by atoms with E-state index >= 15 is 0 Å². The van der Waals surface area contributed by atoms with Gasteiger partial charge in [-0.05, 0) is 12.8 Å². The predicted molar refractivity (Wildman–Crippen MR) is 47.4 cm³/mol. The van der Waals surface area contributed by atoms with E-state index in [4.69, 9.17) is 5.11 Å². The van der Waals surface area contributed by atoms with E-state index in [1.165, 1.54) is 11.8 Å². The summed E-state index contributed by atoms with van der Waals surface area (Å²) in [5, 5.41) is 8.44. The van der Waals surface area contributed by atoms with E-state index < -0.39 is 5.97 Å². The first-order chi connectivity index (χ1) is 5.70. The average molecular weight is 188 g/mol. The maximum atomic E-state index is 11.1. The van der Waals surface area contributed by atoms with Crippen molar-refractivity contribution >= 4 is 23.5 Å². The second-order valence-corrected chi connectivity index (χ2v) is 4.17. The van der Waals surface area contributed by atoms with Crippen LogP contribution in [-0.4, -0.2) is 27.9 Å². The Morgan fingerprint density at radius 3 is 2.92 bits per heavy atom. The van der Waals surface area contributed by atoms with Crippen LogP contribution in [0.25, 0.3) is 0 Å². The van der Waals surface area contributed by atoms with Gasteiger partial charge in [-0.15, -0.1) is 0 Å². The summed E-state index contributed by atoms with van der Waals surface area (Å²) in [7, 11) is 0. The highest BCUT2D eigenvalue weighted by atomic mass is 32.2. The number of hydrogen-bond acceptors (Lipinski definition) is 3. The zero-order valence-corrected chi connectivity index (χ0v) is 7.60. The molecule has 0 amide bonds. The Kier molecular flexibility index (Phi) is 3.59. The maximum Gasteiger partial charge on any atom is 0.304 e. The first kappa shape index (κ1) is 9.58. The Morgan fingerprint density at radius 2 is 2.42 bits per heavy atom. The number of ketones is 1. The van der Waals surface area contributed by atoms with Crippen molar-refractivity contribution in [2.24, 2.45) is 0 Å². The van der Waals surface area contributed by atoms with E-state index in [9.17, 15) is 9.59 Å². The average Bonchev–Trinajstić information content (AvgIpc) is 2.36. The van der Waals surface area contributed by atoms with Crippen LogP contribution in [0.2, 0.25) is 0 Å². The van der Waals surface area contributed by atoms with Gasteiger partial charge in [0.1, 0.15) is 5.78 Å². The number of carboxylic acids is 1. The lowest BCUT2D eigenvalue weighted by molar-refractivity contribution is -0.136. The Bertz CT molecular complexity index is 191. The number of aliphatic carboxylic acids is 1. The van der Waals surface area contributed by atoms with E-state index in [0.29, 0.717) is 18.0 Å². The SMILES string of the molecule is O=C(O)CCS[C@H]1CCCC1=O. The third-order valence-corrected chi connectivity index (χ3v) is 3.22. The molecule has 0 aromatic heterocycles. The summed E-state index contributed by atoms with van der Waals surface area (Å²) in [5.74, 6) is 0.0736. The van der Waals surface area contributed by atoms with Gasteiger partial charge in [-0.1, -0.05) is 0 Å². The number of hydrogen-bond donors (Lipinski definition) is 1. The van der Waals surface area contributed by atoms with Crippen molar-refractivity contribution < 1.29 is 14.7 Å². The van der Waals surface area contributed by atoms with Crippen LogP contribution < -0.4 is 0 Å². The summed E-state index contributed by atoms with van der Waals surface area (Å²) in [6, 6.07) is 0. The highest BCUT2D eigenvalue weighted by Gasteiger charge is 2.24. The lowest BCUT2D eigenvalue weighted by atomic mass is 10.3. The van der Waals surface area contributed by atoms with Crippen LogP contribution in [0.1, 0.15) is 25.7 Å². The Labute approximate surface area is 75.5 Å². The molecule has 1 rings (SSSR count). The molecule has 0 bridgehead atoms. The zero-order chi connectivity index (χ0) is 8.97. The molecule has 0 saturated heterocycles. The number of carboxylic acid groups (broad SMARTS) is 1. The van der Waals surface area contributed by atoms with Crippen LogP contribution in [0.5, 0.6) is 0 Å². The number of rotatable bonds is 4. The van der Waals surface area contributed by atoms with Crippen molar-refractivity contribution in [2.75, 3.05) is 5.75 Å². The standard InChI is InChI=1S/C8H12O3S/c9-6-2-1-3-7(6)12-5-4-8(10)11/h7H,1-5H2,(H,10,11)/t7-/m0/s1. The minimum absolute atomic E-state index is 0.0874. The largest absolute Gasteiger partial charge is 0.481 e. The molecular formula is C8H12O3S. The van der Waals surface area contributed by atoms with Gasteiger partial charge in [0.25, 0.3) is 0 Å². The molecule has 3 nitrogen and oxygen atoms in total. The molecule has 0 aliphatic heterocycles. The van der Waals surface area contributed by atoms with E-state index in [1.54, 1.807) is 0 Å². The summed E-state index contributed by atoms with van der Waals surface area (Å²) in [4.78, 5) is 21.2. The fraction of sp³-hybridized carbons (Fsp3) is 0.750. The minimum Gasteiger partial charge on any atom is -0.481 e. The lowest BCUT2D eigenvalue weighted by Gasteiger charge is -2.04. The van der Waals surface area contributed by atoms with Crippen molar-refractivity contribution in [3.05, 3.63) is 0 Å². The third kappa shape index (κ3) is 2.85. The van der Waals surface area contributed by atoms with Crippen molar-refractivity contribution in [2.45, 2.75) is 30.9 Å². The molecule has 4 heteroatoms. The molecule has 0 spiro atoms. The predicted octanol–water partition coefficient (Wildman–Crippen LogP) is 1.32. The summed E-state index contributed by atoms with van der Waals surface area (Å²) in [5.41, 5.74) is 0. The van der Waals surface area contributed by atoms with Gasteiger partial charge in [-0.25, -0.2) is 0 Å². The van der Waals surface area contributed by atoms with Gasteiger partial charge >= 0.3 is 5.97 Å². The fourth-order valence-corrected chi connectivity index (χ4v) is 2.46. The molecule has 12 heavy (non-hydrogen) atoms. The molecule has 0 aromatic carbocycles. The van der Waals surface area contributed by atoms with Gasteiger partial charge in [0.05, 0.1) is 11.7 Å². The number of thioether (sulfide) groups is 1. The van der Waals surface area contributed by atoms with E-state index in [-0.39, 0.29) is 11.7 Å². The summed E-state index contributed by atoms with van der Waals surface area (Å²) in [6.07, 6.45) is 2.76. The molecule has 1 aliphatic rings. The van der Waals surface area contributed by atoms with Gasteiger partial charge in [-0.3, -0.25) is 9.59 Å². The third-order valence-electron chi connectivity index (χ3n) is 1.88. The summed E-state index contributed by atoms with van der Waals surface area (Å²) < 4.78 is 0. The molecule has 1 saturated carbocycles. The summed E-state index contributed by atoms with van der Waals surface area (Å²) in [6.45, 7) is 0. The van der Waals surface area contributed by atoms with Gasteiger partial charge in [0, 0.05) is 12.2 Å². The molecular weight excluding hydrogens is 176 g/mol. The zero-order valence-electron chi connectivity index (χ0n) is 6.78. The molecule has 1 fully saturated rings. The minimum atomic E-state index is -0.784. The van der Waals surface area contributed by atoms with E-state index in [2.05, 4.69) is 0 Å². The molecule has 0 aromatic rings. The maximum absolute atomic E-state index is 11.1. The van der Waals surface area contributed by atoms with Crippen molar-refractivity contribution in [1.82, 2.24) is 0 Å². The lowest BCUT2D eigenvalue weighted by Crippen LogP contribution is -2.10. The first-order valence-electron chi connectivity index (χ1n) is 4.06. The Morgan fingerprint density at radius 1 is 1.67 bits per heavy atom. The first-order valence-corrected chi connectivity index (χ1v) is 5.11. The smallest absolute Gasteiger partial charge is 0.304 e. The molecule has 1 aliphatic carbocycles. The van der Waals surface area contributed by atoms with Crippen LogP contribution >= 0.6 is 11.8 Å². The van der Waals surface area contributed by atoms with Crippen LogP contribution in [-0.2, 0) is 9.59 Å². The topological polar surface area (TPSA) is 54.4 Å². The number of Topliss-reactive ketones (excluding diaryl/α,β-unsaturated/α-hetero) is 1. The monoisotopic (exact) mass is 188 g/mol. The van der Waals surface area contributed by atoms with Crippen LogP contribution in [0.3, 0.4) is 0 Å². The number of carbonyl (C=O) groups excluding carboxylic acids is 1. The second-order valence-electron chi connectivity index (χ2n) is 2.86. The van der Waals surface area contributed by atoms with Gasteiger partial charge in [0.2, 0.25) is 0 Å². The molecule has 68 valence electrons. The molecule has 0 heterocycles. The van der Waals surface area contributed by atoms with Crippen molar-refractivity contribution in [3.8, 4) is 0 Å². The summed E-state index contributed by atoms with van der Waals surface area (Å²) >= 11 is 1.49. The molecule has 1 atom stereocenters. The van der Waals surface area contributed by atoms with Crippen LogP contribution in [0.15, 0.2) is 0 Å². The van der Waals surface area contributed by atoms with Crippen molar-refractivity contribution in [3.63, 3.8) is 0 Å². The van der Waals surface area contributed by atoms with Gasteiger partial charge in [-0.2, -0.15) is 11.8 Å². The molecule has 0 radical (unpaired) electrons. The quantitative estimate of drug-likeness (QED) is 0.722. The Balaban J connectivity index is 2.14. The second kappa shape index (κ2) is 4.50. The highest BCUT2D eigenvalue weighted by molar-refractivity contribution is 8.00. The van der Waals surface area contributed by atoms with Crippen LogP contribution in [0, 0.1) is 0 Å². The molecule has 0 unspecified atom stereocenters. The van der Waals surface area contributed by atoms with E-state index in [0.717, 1.165) is 12.8 Å². The highest BCUT2D eigenvalue weighted by Crippen LogP contribution is 2.26. The van der Waals surface area contributed by atoms with Gasteiger partial charge in [0.15, 0.2) is 0 Å².